The fourth-order valence-corrected chi connectivity index (χ4v) is 2.52. The molecule has 0 bridgehead atoms. The number of hydrogen-bond donors (Lipinski definition) is 1. The molecule has 0 fully saturated rings. The van der Waals surface area contributed by atoms with Crippen LogP contribution in [0.5, 0.6) is 5.75 Å². The van der Waals surface area contributed by atoms with E-state index in [1.54, 1.807) is 0 Å². The quantitative estimate of drug-likeness (QED) is 0.750. The second-order valence-corrected chi connectivity index (χ2v) is 5.03. The van der Waals surface area contributed by atoms with Gasteiger partial charge < -0.3 is 15.0 Å². The maximum atomic E-state index is 5.83. The van der Waals surface area contributed by atoms with Crippen LogP contribution < -0.4 is 10.5 Å². The summed E-state index contributed by atoms with van der Waals surface area (Å²) < 4.78 is 7.78. The molecule has 0 spiro atoms. The number of nitrogens with zero attached hydrogens (tertiary/aromatic N) is 2. The van der Waals surface area contributed by atoms with E-state index in [0.717, 1.165) is 29.2 Å². The highest BCUT2D eigenvalue weighted by atomic mass is 16.5. The van der Waals surface area contributed by atoms with Gasteiger partial charge in [0.25, 0.3) is 0 Å². The maximum absolute atomic E-state index is 5.83. The van der Waals surface area contributed by atoms with E-state index in [1.807, 2.05) is 19.1 Å². The van der Waals surface area contributed by atoms with Crippen LogP contribution in [0.1, 0.15) is 45.4 Å². The molecule has 4 nitrogen and oxygen atoms in total. The Morgan fingerprint density at radius 3 is 2.75 bits per heavy atom. The third kappa shape index (κ3) is 3.31. The van der Waals surface area contributed by atoms with Gasteiger partial charge >= 0.3 is 0 Å². The molecule has 110 valence electrons. The summed E-state index contributed by atoms with van der Waals surface area (Å²) in [5.74, 6) is 1.84. The number of aryl methyl sites for hydroxylation is 1. The number of hydrogen-bond acceptors (Lipinski definition) is 3. The Morgan fingerprint density at radius 2 is 2.05 bits per heavy atom. The van der Waals surface area contributed by atoms with Crippen molar-refractivity contribution in [3.63, 3.8) is 0 Å². The molecule has 0 saturated carbocycles. The maximum Gasteiger partial charge on any atom is 0.123 e. The van der Waals surface area contributed by atoms with Crippen LogP contribution in [0.3, 0.4) is 0 Å². The minimum atomic E-state index is 0.479. The van der Waals surface area contributed by atoms with E-state index in [0.29, 0.717) is 13.2 Å². The molecule has 0 amide bonds. The van der Waals surface area contributed by atoms with E-state index in [4.69, 9.17) is 10.5 Å². The molecule has 2 rings (SSSR count). The zero-order chi connectivity index (χ0) is 14.4. The van der Waals surface area contributed by atoms with Crippen molar-refractivity contribution in [1.29, 1.82) is 0 Å². The van der Waals surface area contributed by atoms with E-state index >= 15 is 0 Å². The monoisotopic (exact) mass is 275 g/mol. The summed E-state index contributed by atoms with van der Waals surface area (Å²) in [6.07, 6.45) is 4.99. The van der Waals surface area contributed by atoms with Crippen molar-refractivity contribution in [3.05, 3.63) is 24.0 Å². The molecule has 0 atom stereocenters. The van der Waals surface area contributed by atoms with Crippen molar-refractivity contribution >= 4 is 11.0 Å². The van der Waals surface area contributed by atoms with Crippen LogP contribution in [0.2, 0.25) is 0 Å². The van der Waals surface area contributed by atoms with Gasteiger partial charge in [0.15, 0.2) is 0 Å². The molecule has 0 saturated heterocycles. The van der Waals surface area contributed by atoms with Crippen molar-refractivity contribution in [2.24, 2.45) is 5.73 Å². The zero-order valence-electron chi connectivity index (χ0n) is 12.6. The van der Waals surface area contributed by atoms with Crippen molar-refractivity contribution in [3.8, 4) is 5.75 Å². The van der Waals surface area contributed by atoms with Crippen LogP contribution in [0.15, 0.2) is 18.2 Å². The van der Waals surface area contributed by atoms with Crippen molar-refractivity contribution < 1.29 is 4.74 Å². The Morgan fingerprint density at radius 1 is 1.20 bits per heavy atom. The number of unbranched alkanes of at least 4 members (excludes halogenated alkanes) is 3. The molecule has 0 aliphatic heterocycles. The van der Waals surface area contributed by atoms with Crippen LogP contribution in [0.4, 0.5) is 0 Å². The molecule has 4 heteroatoms. The van der Waals surface area contributed by atoms with E-state index in [2.05, 4.69) is 22.5 Å². The first-order valence-corrected chi connectivity index (χ1v) is 7.62. The van der Waals surface area contributed by atoms with Crippen LogP contribution in [-0.4, -0.2) is 16.2 Å². The largest absolute Gasteiger partial charge is 0.494 e. The van der Waals surface area contributed by atoms with Gasteiger partial charge in [0.05, 0.1) is 24.2 Å². The highest BCUT2D eigenvalue weighted by molar-refractivity contribution is 5.77. The number of aromatic nitrogens is 2. The highest BCUT2D eigenvalue weighted by Gasteiger charge is 2.10. The molecule has 0 aliphatic carbocycles. The number of imidazole rings is 1. The molecule has 0 radical (unpaired) electrons. The third-order valence-electron chi connectivity index (χ3n) is 3.53. The van der Waals surface area contributed by atoms with Gasteiger partial charge in [-0.05, 0) is 25.5 Å². The Labute approximate surface area is 120 Å². The average molecular weight is 275 g/mol. The predicted molar refractivity (Wildman–Crippen MR) is 82.9 cm³/mol. The van der Waals surface area contributed by atoms with Crippen LogP contribution in [0.25, 0.3) is 11.0 Å². The van der Waals surface area contributed by atoms with E-state index in [-0.39, 0.29) is 0 Å². The first-order valence-electron chi connectivity index (χ1n) is 7.62. The standard InChI is InChI=1S/C16H25N3O/c1-3-5-6-7-10-19-15-9-8-13(20-4-2)11-14(15)18-16(19)12-17/h8-9,11H,3-7,10,12,17H2,1-2H3. The van der Waals surface area contributed by atoms with Gasteiger partial charge in [-0.3, -0.25) is 0 Å². The van der Waals surface area contributed by atoms with Gasteiger partial charge in [-0.2, -0.15) is 0 Å². The highest BCUT2D eigenvalue weighted by Crippen LogP contribution is 2.22. The lowest BCUT2D eigenvalue weighted by molar-refractivity contribution is 0.340. The Kier molecular flexibility index (Phi) is 5.41. The SMILES string of the molecule is CCCCCCn1c(CN)nc2cc(OCC)ccc21. The molecule has 0 unspecified atom stereocenters. The van der Waals surface area contributed by atoms with Gasteiger partial charge in [0, 0.05) is 12.6 Å². The van der Waals surface area contributed by atoms with Crippen molar-refractivity contribution in [2.75, 3.05) is 6.61 Å². The summed E-state index contributed by atoms with van der Waals surface area (Å²) in [4.78, 5) is 4.63. The number of nitrogens with two attached hydrogens (primary N) is 1. The van der Waals surface area contributed by atoms with Crippen LogP contribution in [0, 0.1) is 0 Å². The molecule has 20 heavy (non-hydrogen) atoms. The first kappa shape index (κ1) is 14.9. The molecule has 1 heterocycles. The molecule has 0 aliphatic rings. The number of ether oxygens (including phenoxy) is 1. The second-order valence-electron chi connectivity index (χ2n) is 5.03. The van der Waals surface area contributed by atoms with Crippen molar-refractivity contribution in [1.82, 2.24) is 9.55 Å². The molecule has 2 aromatic rings. The van der Waals surface area contributed by atoms with E-state index in [9.17, 15) is 0 Å². The lowest BCUT2D eigenvalue weighted by atomic mass is 10.2. The predicted octanol–water partition coefficient (Wildman–Crippen LogP) is 3.47. The molecule has 1 aromatic carbocycles. The summed E-state index contributed by atoms with van der Waals surface area (Å²) in [6, 6.07) is 6.10. The smallest absolute Gasteiger partial charge is 0.123 e. The van der Waals surface area contributed by atoms with E-state index in [1.165, 1.54) is 25.7 Å². The van der Waals surface area contributed by atoms with Crippen molar-refractivity contribution in [2.45, 2.75) is 52.6 Å². The Balaban J connectivity index is 2.22. The number of benzene rings is 1. The average Bonchev–Trinajstić information content (AvgIpc) is 2.81. The Bertz CT molecular complexity index is 548. The lowest BCUT2D eigenvalue weighted by Crippen LogP contribution is -2.08. The van der Waals surface area contributed by atoms with Gasteiger partial charge in [0.1, 0.15) is 11.6 Å². The van der Waals surface area contributed by atoms with Gasteiger partial charge in [-0.15, -0.1) is 0 Å². The minimum absolute atomic E-state index is 0.479. The molecule has 1 aromatic heterocycles. The third-order valence-corrected chi connectivity index (χ3v) is 3.53. The van der Waals surface area contributed by atoms with Gasteiger partial charge in [-0.25, -0.2) is 4.98 Å². The molecular formula is C16H25N3O. The summed E-state index contributed by atoms with van der Waals surface area (Å²) in [7, 11) is 0. The molecular weight excluding hydrogens is 250 g/mol. The van der Waals surface area contributed by atoms with Gasteiger partial charge in [-0.1, -0.05) is 26.2 Å². The van der Waals surface area contributed by atoms with Crippen LogP contribution >= 0.6 is 0 Å². The normalized spacial score (nSPS) is 11.2. The van der Waals surface area contributed by atoms with Gasteiger partial charge in [0.2, 0.25) is 0 Å². The Hall–Kier alpha value is -1.55. The van der Waals surface area contributed by atoms with E-state index < -0.39 is 0 Å². The fourth-order valence-electron chi connectivity index (χ4n) is 2.52. The zero-order valence-corrected chi connectivity index (χ0v) is 12.6. The summed E-state index contributed by atoms with van der Waals surface area (Å²) in [5, 5.41) is 0. The molecule has 2 N–H and O–H groups in total. The van der Waals surface area contributed by atoms with Crippen LogP contribution in [-0.2, 0) is 13.1 Å². The summed E-state index contributed by atoms with van der Waals surface area (Å²) in [6.45, 7) is 6.37. The summed E-state index contributed by atoms with van der Waals surface area (Å²) >= 11 is 0. The first-order chi connectivity index (χ1) is 9.80. The summed E-state index contributed by atoms with van der Waals surface area (Å²) in [5.41, 5.74) is 7.96. The fraction of sp³-hybridized carbons (Fsp3) is 0.562. The number of rotatable bonds is 8. The number of fused-ring (bicyclic) bond motifs is 1. The lowest BCUT2D eigenvalue weighted by Gasteiger charge is -2.08. The minimum Gasteiger partial charge on any atom is -0.494 e. The second kappa shape index (κ2) is 7.29. The topological polar surface area (TPSA) is 53.1 Å².